The maximum atomic E-state index is 12.1. The molecule has 0 amide bonds. The van der Waals surface area contributed by atoms with Crippen LogP contribution in [-0.4, -0.2) is 22.6 Å². The normalized spacial score (nSPS) is 10.8. The molecule has 0 aliphatic heterocycles. The molecular weight excluding hydrogens is 244 g/mol. The summed E-state index contributed by atoms with van der Waals surface area (Å²) in [7, 11) is 0. The first kappa shape index (κ1) is 15.0. The molecule has 0 atom stereocenters. The van der Waals surface area contributed by atoms with E-state index in [4.69, 9.17) is 9.84 Å². The van der Waals surface area contributed by atoms with Gasteiger partial charge in [-0.1, -0.05) is 32.6 Å². The first-order chi connectivity index (χ1) is 8.99. The summed E-state index contributed by atoms with van der Waals surface area (Å²) in [4.78, 5) is 23.2. The summed E-state index contributed by atoms with van der Waals surface area (Å²) in [5.41, 5.74) is -0.747. The number of esters is 1. The van der Waals surface area contributed by atoms with Crippen LogP contribution < -0.4 is 0 Å². The third-order valence-corrected chi connectivity index (χ3v) is 3.24. The zero-order valence-electron chi connectivity index (χ0n) is 11.2. The molecule has 4 nitrogen and oxygen atoms in total. The molecule has 0 fully saturated rings. The molecule has 19 heavy (non-hydrogen) atoms. The van der Waals surface area contributed by atoms with Gasteiger partial charge >= 0.3 is 11.9 Å². The van der Waals surface area contributed by atoms with Crippen LogP contribution in [-0.2, 0) is 4.74 Å². The predicted octanol–water partition coefficient (Wildman–Crippen LogP) is 3.29. The smallest absolute Gasteiger partial charge is 0.339 e. The summed E-state index contributed by atoms with van der Waals surface area (Å²) in [6.45, 7) is 7.47. The number of benzene rings is 1. The van der Waals surface area contributed by atoms with Crippen LogP contribution in [0.2, 0.25) is 0 Å². The van der Waals surface area contributed by atoms with Crippen molar-refractivity contribution in [3.63, 3.8) is 0 Å². The molecule has 1 N–H and O–H groups in total. The van der Waals surface area contributed by atoms with Gasteiger partial charge in [-0.3, -0.25) is 0 Å². The zero-order valence-corrected chi connectivity index (χ0v) is 11.2. The fourth-order valence-electron chi connectivity index (χ4n) is 1.81. The largest absolute Gasteiger partial charge is 0.478 e. The number of ether oxygens (including phenoxy) is 1. The van der Waals surface area contributed by atoms with Crippen LogP contribution in [0.4, 0.5) is 0 Å². The van der Waals surface area contributed by atoms with Gasteiger partial charge in [0.2, 0.25) is 0 Å². The fraction of sp³-hybridized carbons (Fsp3) is 0.333. The molecule has 4 heteroatoms. The van der Waals surface area contributed by atoms with Gasteiger partial charge in [-0.25, -0.2) is 9.59 Å². The second kappa shape index (κ2) is 6.18. The Bertz CT molecular complexity index is 487. The topological polar surface area (TPSA) is 63.6 Å². The fourth-order valence-corrected chi connectivity index (χ4v) is 1.81. The molecule has 0 heterocycles. The zero-order chi connectivity index (χ0) is 14.5. The Balaban J connectivity index is 3.08. The summed E-state index contributed by atoms with van der Waals surface area (Å²) >= 11 is 0. The van der Waals surface area contributed by atoms with Crippen molar-refractivity contribution >= 4 is 11.9 Å². The van der Waals surface area contributed by atoms with Gasteiger partial charge in [0.25, 0.3) is 0 Å². The Morgan fingerprint density at radius 3 is 2.21 bits per heavy atom. The molecule has 1 aromatic carbocycles. The Kier molecular flexibility index (Phi) is 4.87. The minimum Gasteiger partial charge on any atom is -0.478 e. The lowest BCUT2D eigenvalue weighted by atomic mass is 9.97. The Morgan fingerprint density at radius 2 is 1.79 bits per heavy atom. The summed E-state index contributed by atoms with van der Waals surface area (Å²) in [5.74, 6) is -1.79. The lowest BCUT2D eigenvalue weighted by Crippen LogP contribution is -2.32. The number of hydrogen-bond donors (Lipinski definition) is 1. The van der Waals surface area contributed by atoms with E-state index in [1.165, 1.54) is 12.1 Å². The van der Waals surface area contributed by atoms with Gasteiger partial charge in [0.05, 0.1) is 11.1 Å². The molecule has 1 aromatic rings. The van der Waals surface area contributed by atoms with Crippen molar-refractivity contribution in [3.05, 3.63) is 48.0 Å². The Hall–Kier alpha value is -2.10. The first-order valence-electron chi connectivity index (χ1n) is 6.19. The van der Waals surface area contributed by atoms with Gasteiger partial charge in [-0.05, 0) is 31.1 Å². The van der Waals surface area contributed by atoms with Gasteiger partial charge in [-0.15, -0.1) is 0 Å². The highest BCUT2D eigenvalue weighted by atomic mass is 16.6. The lowest BCUT2D eigenvalue weighted by molar-refractivity contribution is 0.000528. The van der Waals surface area contributed by atoms with Crippen LogP contribution in [0.5, 0.6) is 0 Å². The van der Waals surface area contributed by atoms with E-state index in [-0.39, 0.29) is 11.1 Å². The molecule has 1 rings (SSSR count). The Labute approximate surface area is 112 Å². The van der Waals surface area contributed by atoms with E-state index >= 15 is 0 Å². The molecule has 0 aliphatic carbocycles. The monoisotopic (exact) mass is 262 g/mol. The quantitative estimate of drug-likeness (QED) is 0.631. The molecule has 0 saturated heterocycles. The predicted molar refractivity (Wildman–Crippen MR) is 72.3 cm³/mol. The van der Waals surface area contributed by atoms with Crippen molar-refractivity contribution in [2.75, 3.05) is 0 Å². The minimum absolute atomic E-state index is 0.0577. The van der Waals surface area contributed by atoms with Crippen molar-refractivity contribution in [2.24, 2.45) is 0 Å². The van der Waals surface area contributed by atoms with Gasteiger partial charge in [0.15, 0.2) is 0 Å². The third kappa shape index (κ3) is 3.22. The number of carbonyl (C=O) groups is 2. The van der Waals surface area contributed by atoms with Crippen LogP contribution in [0.3, 0.4) is 0 Å². The van der Waals surface area contributed by atoms with E-state index in [9.17, 15) is 9.59 Å². The standard InChI is InChI=1S/C15H18O4/c1-4-15(5-2,6-3)19-14(18)12-10-8-7-9-11(12)13(16)17/h4,7-10H,1,5-6H2,2-3H3,(H,16,17). The Morgan fingerprint density at radius 1 is 1.26 bits per heavy atom. The van der Waals surface area contributed by atoms with E-state index in [0.717, 1.165) is 0 Å². The molecule has 0 aromatic heterocycles. The number of carbonyl (C=O) groups excluding carboxylic acids is 1. The maximum Gasteiger partial charge on any atom is 0.339 e. The highest BCUT2D eigenvalue weighted by molar-refractivity contribution is 6.02. The number of hydrogen-bond acceptors (Lipinski definition) is 3. The summed E-state index contributed by atoms with van der Waals surface area (Å²) in [5, 5.41) is 9.06. The lowest BCUT2D eigenvalue weighted by Gasteiger charge is -2.28. The number of carboxylic acid groups (broad SMARTS) is 1. The van der Waals surface area contributed by atoms with Crippen molar-refractivity contribution in [1.82, 2.24) is 0 Å². The maximum absolute atomic E-state index is 12.1. The average Bonchev–Trinajstić information content (AvgIpc) is 2.44. The van der Waals surface area contributed by atoms with E-state index < -0.39 is 17.5 Å². The van der Waals surface area contributed by atoms with Crippen molar-refractivity contribution < 1.29 is 19.4 Å². The van der Waals surface area contributed by atoms with Crippen molar-refractivity contribution in [3.8, 4) is 0 Å². The minimum atomic E-state index is -1.15. The van der Waals surface area contributed by atoms with E-state index in [0.29, 0.717) is 12.8 Å². The van der Waals surface area contributed by atoms with Crippen molar-refractivity contribution in [2.45, 2.75) is 32.3 Å². The molecule has 0 spiro atoms. The van der Waals surface area contributed by atoms with Gasteiger partial charge in [0, 0.05) is 0 Å². The number of carboxylic acids is 1. The number of aromatic carboxylic acids is 1. The van der Waals surface area contributed by atoms with E-state index in [1.54, 1.807) is 18.2 Å². The second-order valence-corrected chi connectivity index (χ2v) is 4.22. The van der Waals surface area contributed by atoms with E-state index in [2.05, 4.69) is 6.58 Å². The third-order valence-electron chi connectivity index (χ3n) is 3.24. The molecule has 0 aliphatic rings. The van der Waals surface area contributed by atoms with Gasteiger partial charge in [-0.2, -0.15) is 0 Å². The molecular formula is C15H18O4. The first-order valence-corrected chi connectivity index (χ1v) is 6.19. The number of rotatable bonds is 6. The second-order valence-electron chi connectivity index (χ2n) is 4.22. The van der Waals surface area contributed by atoms with Gasteiger partial charge < -0.3 is 9.84 Å². The molecule has 102 valence electrons. The van der Waals surface area contributed by atoms with E-state index in [1.807, 2.05) is 13.8 Å². The van der Waals surface area contributed by atoms with Crippen LogP contribution >= 0.6 is 0 Å². The summed E-state index contributed by atoms with van der Waals surface area (Å²) in [6.07, 6.45) is 2.77. The van der Waals surface area contributed by atoms with Gasteiger partial charge in [0.1, 0.15) is 5.60 Å². The van der Waals surface area contributed by atoms with Crippen molar-refractivity contribution in [1.29, 1.82) is 0 Å². The molecule has 0 saturated carbocycles. The molecule has 0 radical (unpaired) electrons. The summed E-state index contributed by atoms with van der Waals surface area (Å²) < 4.78 is 5.44. The molecule has 0 unspecified atom stereocenters. The highest BCUT2D eigenvalue weighted by Crippen LogP contribution is 2.24. The van der Waals surface area contributed by atoms with Crippen LogP contribution in [0.15, 0.2) is 36.9 Å². The SMILES string of the molecule is C=CC(CC)(CC)OC(=O)c1ccccc1C(=O)O. The highest BCUT2D eigenvalue weighted by Gasteiger charge is 2.29. The summed E-state index contributed by atoms with van der Waals surface area (Å²) in [6, 6.07) is 6.01. The molecule has 0 bridgehead atoms. The average molecular weight is 262 g/mol. The van der Waals surface area contributed by atoms with Crippen LogP contribution in [0.1, 0.15) is 47.4 Å². The van der Waals surface area contributed by atoms with Crippen LogP contribution in [0.25, 0.3) is 0 Å². The van der Waals surface area contributed by atoms with Crippen LogP contribution in [0, 0.1) is 0 Å².